The third-order valence-corrected chi connectivity index (χ3v) is 5.44. The Labute approximate surface area is 126 Å². The predicted molar refractivity (Wildman–Crippen MR) is 82.3 cm³/mol. The summed E-state index contributed by atoms with van der Waals surface area (Å²) < 4.78 is 5.40. The van der Waals surface area contributed by atoms with Gasteiger partial charge in [0.15, 0.2) is 0 Å². The minimum atomic E-state index is -0.162. The topological polar surface area (TPSA) is 90.1 Å². The molecule has 2 atom stereocenters. The van der Waals surface area contributed by atoms with Gasteiger partial charge in [-0.15, -0.1) is 11.3 Å². The fraction of sp³-hybridized carbons (Fsp3) is 0.500. The average Bonchev–Trinajstić information content (AvgIpc) is 2.80. The standard InChI is InChI=1S/C14H18N4O2S/c1-14(2)7(6-8(14)20-3)18-12(19)11-9(15)10-13(21-11)17-5-4-16-10/h4-5,7-8H,6,15H2,1-3H3,(H,18,19). The van der Waals surface area contributed by atoms with Crippen LogP contribution in [0.2, 0.25) is 0 Å². The van der Waals surface area contributed by atoms with Gasteiger partial charge in [0, 0.05) is 31.0 Å². The summed E-state index contributed by atoms with van der Waals surface area (Å²) in [7, 11) is 1.70. The van der Waals surface area contributed by atoms with Gasteiger partial charge < -0.3 is 15.8 Å². The molecule has 0 spiro atoms. The summed E-state index contributed by atoms with van der Waals surface area (Å²) in [6.07, 6.45) is 4.16. The highest BCUT2D eigenvalue weighted by atomic mass is 32.1. The quantitative estimate of drug-likeness (QED) is 0.902. The van der Waals surface area contributed by atoms with E-state index < -0.39 is 0 Å². The number of hydrogen-bond donors (Lipinski definition) is 2. The maximum absolute atomic E-state index is 12.4. The first kappa shape index (κ1) is 14.2. The number of aromatic nitrogens is 2. The number of rotatable bonds is 3. The second-order valence-electron chi connectivity index (χ2n) is 5.86. The van der Waals surface area contributed by atoms with Crippen LogP contribution < -0.4 is 11.1 Å². The van der Waals surface area contributed by atoms with Crippen LogP contribution in [-0.4, -0.2) is 35.1 Å². The highest BCUT2D eigenvalue weighted by Crippen LogP contribution is 2.42. The van der Waals surface area contributed by atoms with Crippen LogP contribution in [0.4, 0.5) is 5.69 Å². The number of nitrogen functional groups attached to an aromatic ring is 1. The number of methoxy groups -OCH3 is 1. The van der Waals surface area contributed by atoms with Crippen molar-refractivity contribution in [3.63, 3.8) is 0 Å². The number of anilines is 1. The molecule has 2 aromatic rings. The SMILES string of the molecule is COC1CC(NC(=O)c2sc3nccnc3c2N)C1(C)C. The highest BCUT2D eigenvalue weighted by molar-refractivity contribution is 7.21. The fourth-order valence-electron chi connectivity index (χ4n) is 2.77. The lowest BCUT2D eigenvalue weighted by Crippen LogP contribution is -2.61. The largest absolute Gasteiger partial charge is 0.396 e. The van der Waals surface area contributed by atoms with Gasteiger partial charge in [0.1, 0.15) is 15.2 Å². The van der Waals surface area contributed by atoms with Crippen LogP contribution in [0.5, 0.6) is 0 Å². The number of nitrogens with one attached hydrogen (secondary N) is 1. The molecule has 3 rings (SSSR count). The molecule has 2 unspecified atom stereocenters. The van der Waals surface area contributed by atoms with Crippen LogP contribution in [0.1, 0.15) is 29.9 Å². The highest BCUT2D eigenvalue weighted by Gasteiger charge is 2.49. The minimum Gasteiger partial charge on any atom is -0.396 e. The average molecular weight is 306 g/mol. The Hall–Kier alpha value is -1.73. The van der Waals surface area contributed by atoms with E-state index in [1.165, 1.54) is 11.3 Å². The molecule has 1 fully saturated rings. The van der Waals surface area contributed by atoms with E-state index in [2.05, 4.69) is 29.1 Å². The number of nitrogens with two attached hydrogens (primary N) is 1. The second kappa shape index (κ2) is 4.92. The number of carbonyl (C=O) groups is 1. The van der Waals surface area contributed by atoms with Gasteiger partial charge in [0.25, 0.3) is 5.91 Å². The molecule has 21 heavy (non-hydrogen) atoms. The summed E-state index contributed by atoms with van der Waals surface area (Å²) in [6, 6.07) is 0.0838. The van der Waals surface area contributed by atoms with Gasteiger partial charge in [0.05, 0.1) is 11.8 Å². The number of carbonyl (C=O) groups excluding carboxylic acids is 1. The van der Waals surface area contributed by atoms with E-state index in [9.17, 15) is 4.79 Å². The Bertz CT molecular complexity index is 697. The number of hydrogen-bond acceptors (Lipinski definition) is 6. The summed E-state index contributed by atoms with van der Waals surface area (Å²) in [5, 5.41) is 3.04. The van der Waals surface area contributed by atoms with Crippen molar-refractivity contribution in [2.75, 3.05) is 12.8 Å². The number of ether oxygens (including phenoxy) is 1. The Balaban J connectivity index is 1.81. The Morgan fingerprint density at radius 3 is 2.81 bits per heavy atom. The predicted octanol–water partition coefficient (Wildman–Crippen LogP) is 1.82. The first-order chi connectivity index (χ1) is 9.95. The molecule has 1 aliphatic rings. The monoisotopic (exact) mass is 306 g/mol. The third-order valence-electron chi connectivity index (χ3n) is 4.34. The maximum atomic E-state index is 12.4. The Morgan fingerprint density at radius 1 is 1.48 bits per heavy atom. The van der Waals surface area contributed by atoms with Crippen LogP contribution in [-0.2, 0) is 4.74 Å². The maximum Gasteiger partial charge on any atom is 0.263 e. The molecular formula is C14H18N4O2S. The molecule has 1 amide bonds. The van der Waals surface area contributed by atoms with Crippen LogP contribution in [0.25, 0.3) is 10.3 Å². The zero-order valence-electron chi connectivity index (χ0n) is 12.2. The minimum absolute atomic E-state index is 0.0770. The summed E-state index contributed by atoms with van der Waals surface area (Å²) in [4.78, 5) is 22.0. The molecule has 112 valence electrons. The van der Waals surface area contributed by atoms with Crippen molar-refractivity contribution in [3.05, 3.63) is 17.3 Å². The molecule has 0 aromatic carbocycles. The van der Waals surface area contributed by atoms with Gasteiger partial charge in [-0.25, -0.2) is 9.97 Å². The molecule has 0 aliphatic heterocycles. The molecular weight excluding hydrogens is 288 g/mol. The smallest absolute Gasteiger partial charge is 0.263 e. The van der Waals surface area contributed by atoms with Gasteiger partial charge in [0.2, 0.25) is 0 Å². The Kier molecular flexibility index (Phi) is 3.33. The summed E-state index contributed by atoms with van der Waals surface area (Å²) in [6.45, 7) is 4.18. The van der Waals surface area contributed by atoms with E-state index in [0.717, 1.165) is 6.42 Å². The van der Waals surface area contributed by atoms with Crippen LogP contribution in [0.15, 0.2) is 12.4 Å². The molecule has 6 nitrogen and oxygen atoms in total. The van der Waals surface area contributed by atoms with E-state index in [-0.39, 0.29) is 23.5 Å². The summed E-state index contributed by atoms with van der Waals surface area (Å²) >= 11 is 1.27. The van der Waals surface area contributed by atoms with Crippen molar-refractivity contribution in [3.8, 4) is 0 Å². The molecule has 3 N–H and O–H groups in total. The lowest BCUT2D eigenvalue weighted by atomic mass is 9.64. The normalized spacial score (nSPS) is 23.8. The fourth-order valence-corrected chi connectivity index (χ4v) is 3.69. The lowest BCUT2D eigenvalue weighted by molar-refractivity contribution is -0.0942. The molecule has 2 heterocycles. The zero-order chi connectivity index (χ0) is 15.2. The van der Waals surface area contributed by atoms with Crippen LogP contribution in [0.3, 0.4) is 0 Å². The first-order valence-electron chi connectivity index (χ1n) is 6.77. The van der Waals surface area contributed by atoms with Gasteiger partial charge in [-0.05, 0) is 6.42 Å². The Morgan fingerprint density at radius 2 is 2.19 bits per heavy atom. The van der Waals surface area contributed by atoms with E-state index >= 15 is 0 Å². The second-order valence-corrected chi connectivity index (χ2v) is 6.86. The summed E-state index contributed by atoms with van der Waals surface area (Å²) in [5.74, 6) is -0.162. The van der Waals surface area contributed by atoms with Gasteiger partial charge >= 0.3 is 0 Å². The van der Waals surface area contributed by atoms with Crippen LogP contribution in [0, 0.1) is 5.41 Å². The zero-order valence-corrected chi connectivity index (χ0v) is 13.0. The van der Waals surface area contributed by atoms with Gasteiger partial charge in [-0.3, -0.25) is 4.79 Å². The van der Waals surface area contributed by atoms with E-state index in [4.69, 9.17) is 10.5 Å². The number of amides is 1. The van der Waals surface area contributed by atoms with Gasteiger partial charge in [-0.2, -0.15) is 0 Å². The molecule has 1 aliphatic carbocycles. The molecule has 0 bridgehead atoms. The van der Waals surface area contributed by atoms with Crippen molar-refractivity contribution < 1.29 is 9.53 Å². The lowest BCUT2D eigenvalue weighted by Gasteiger charge is -2.51. The van der Waals surface area contributed by atoms with Crippen molar-refractivity contribution in [1.82, 2.24) is 15.3 Å². The molecule has 7 heteroatoms. The molecule has 0 radical (unpaired) electrons. The van der Waals surface area contributed by atoms with Gasteiger partial charge in [-0.1, -0.05) is 13.8 Å². The third kappa shape index (κ3) is 2.16. The van der Waals surface area contributed by atoms with Crippen molar-refractivity contribution in [2.45, 2.75) is 32.4 Å². The van der Waals surface area contributed by atoms with Crippen molar-refractivity contribution in [2.24, 2.45) is 5.41 Å². The van der Waals surface area contributed by atoms with E-state index in [1.807, 2.05) is 0 Å². The molecule has 0 saturated heterocycles. The van der Waals surface area contributed by atoms with Crippen molar-refractivity contribution >= 4 is 33.3 Å². The van der Waals surface area contributed by atoms with E-state index in [0.29, 0.717) is 20.9 Å². The molecule has 2 aromatic heterocycles. The van der Waals surface area contributed by atoms with E-state index in [1.54, 1.807) is 19.5 Å². The first-order valence-corrected chi connectivity index (χ1v) is 7.59. The van der Waals surface area contributed by atoms with Crippen LogP contribution >= 0.6 is 11.3 Å². The molecule has 1 saturated carbocycles. The number of nitrogens with zero attached hydrogens (tertiary/aromatic N) is 2. The summed E-state index contributed by atoms with van der Waals surface area (Å²) in [5.41, 5.74) is 6.94. The number of thiophene rings is 1. The van der Waals surface area contributed by atoms with Crippen molar-refractivity contribution in [1.29, 1.82) is 0 Å². The number of fused-ring (bicyclic) bond motifs is 1.